The molecule has 2 amide bonds. The Labute approximate surface area is 253 Å². The number of amides is 2. The van der Waals surface area contributed by atoms with Gasteiger partial charge in [-0.1, -0.05) is 57.4 Å². The van der Waals surface area contributed by atoms with Crippen LogP contribution in [0.4, 0.5) is 11.4 Å². The zero-order valence-electron chi connectivity index (χ0n) is 23.0. The van der Waals surface area contributed by atoms with Gasteiger partial charge in [-0.25, -0.2) is 13.8 Å². The van der Waals surface area contributed by atoms with Gasteiger partial charge in [0.15, 0.2) is 6.61 Å². The van der Waals surface area contributed by atoms with E-state index in [1.165, 1.54) is 18.3 Å². The van der Waals surface area contributed by atoms with Gasteiger partial charge in [-0.2, -0.15) is 5.10 Å². The highest BCUT2D eigenvalue weighted by molar-refractivity contribution is 9.10. The predicted molar refractivity (Wildman–Crippen MR) is 167 cm³/mol. The molecule has 0 radical (unpaired) electrons. The SMILES string of the molecule is Cc1ccc(NC(=O)COc2ccc(/C=N\NC(=O)CN(c3cccc(Br)c3)S(=O)(=O)c3ccc(C)cc3)cc2)cc1. The molecule has 0 bridgehead atoms. The molecule has 42 heavy (non-hydrogen) atoms. The zero-order chi connectivity index (χ0) is 30.1. The number of benzene rings is 4. The Balaban J connectivity index is 1.35. The van der Waals surface area contributed by atoms with E-state index in [2.05, 4.69) is 31.8 Å². The molecule has 0 heterocycles. The lowest BCUT2D eigenvalue weighted by Gasteiger charge is -2.24. The number of carbonyl (C=O) groups excluding carboxylic acids is 2. The normalized spacial score (nSPS) is 11.2. The van der Waals surface area contributed by atoms with E-state index in [0.717, 1.165) is 15.4 Å². The lowest BCUT2D eigenvalue weighted by molar-refractivity contribution is -0.119. The summed E-state index contributed by atoms with van der Waals surface area (Å²) in [6, 6.07) is 27.3. The molecule has 0 spiro atoms. The van der Waals surface area contributed by atoms with Crippen molar-refractivity contribution < 1.29 is 22.7 Å². The average Bonchev–Trinajstić information content (AvgIpc) is 2.97. The Kier molecular flexibility index (Phi) is 10.1. The molecule has 4 aromatic carbocycles. The van der Waals surface area contributed by atoms with Crippen LogP contribution < -0.4 is 19.8 Å². The fraction of sp³-hybridized carbons (Fsp3) is 0.129. The minimum Gasteiger partial charge on any atom is -0.484 e. The number of ether oxygens (including phenoxy) is 1. The van der Waals surface area contributed by atoms with Crippen LogP contribution in [0.3, 0.4) is 0 Å². The summed E-state index contributed by atoms with van der Waals surface area (Å²) in [5, 5.41) is 6.74. The van der Waals surface area contributed by atoms with E-state index in [-0.39, 0.29) is 17.4 Å². The first-order valence-electron chi connectivity index (χ1n) is 12.9. The van der Waals surface area contributed by atoms with Gasteiger partial charge in [0.25, 0.3) is 21.8 Å². The Morgan fingerprint density at radius 2 is 1.52 bits per heavy atom. The fourth-order valence-electron chi connectivity index (χ4n) is 3.76. The number of rotatable bonds is 11. The first-order chi connectivity index (χ1) is 20.1. The maximum absolute atomic E-state index is 13.5. The molecule has 0 aromatic heterocycles. The number of carbonyl (C=O) groups is 2. The molecule has 0 aliphatic carbocycles. The van der Waals surface area contributed by atoms with Crippen LogP contribution >= 0.6 is 15.9 Å². The van der Waals surface area contributed by atoms with Crippen molar-refractivity contribution in [3.8, 4) is 5.75 Å². The van der Waals surface area contributed by atoms with Crippen LogP contribution in [0.2, 0.25) is 0 Å². The van der Waals surface area contributed by atoms with Crippen molar-refractivity contribution in [3.05, 3.63) is 118 Å². The molecule has 4 rings (SSSR count). The Hall–Kier alpha value is -4.48. The number of aryl methyl sites for hydroxylation is 2. The van der Waals surface area contributed by atoms with Gasteiger partial charge in [0.05, 0.1) is 16.8 Å². The highest BCUT2D eigenvalue weighted by Gasteiger charge is 2.27. The number of anilines is 2. The maximum Gasteiger partial charge on any atom is 0.264 e. The van der Waals surface area contributed by atoms with Gasteiger partial charge in [0, 0.05) is 10.2 Å². The lowest BCUT2D eigenvalue weighted by atomic mass is 10.2. The summed E-state index contributed by atoms with van der Waals surface area (Å²) in [6.07, 6.45) is 1.42. The van der Waals surface area contributed by atoms with Crippen molar-refractivity contribution in [2.75, 3.05) is 22.8 Å². The molecule has 0 saturated heterocycles. The summed E-state index contributed by atoms with van der Waals surface area (Å²) in [4.78, 5) is 25.0. The van der Waals surface area contributed by atoms with Gasteiger partial charge in [-0.3, -0.25) is 13.9 Å². The summed E-state index contributed by atoms with van der Waals surface area (Å²) in [6.45, 7) is 3.19. The minimum absolute atomic E-state index is 0.0688. The largest absolute Gasteiger partial charge is 0.484 e. The van der Waals surface area contributed by atoms with Crippen LogP contribution in [0.15, 0.2) is 112 Å². The molecule has 0 atom stereocenters. The Morgan fingerprint density at radius 1 is 0.881 bits per heavy atom. The lowest BCUT2D eigenvalue weighted by Crippen LogP contribution is -2.39. The van der Waals surface area contributed by atoms with Gasteiger partial charge in [0.1, 0.15) is 12.3 Å². The van der Waals surface area contributed by atoms with E-state index in [1.54, 1.807) is 60.7 Å². The zero-order valence-corrected chi connectivity index (χ0v) is 25.4. The van der Waals surface area contributed by atoms with E-state index >= 15 is 0 Å². The second-order valence-corrected chi connectivity index (χ2v) is 12.1. The van der Waals surface area contributed by atoms with Crippen molar-refractivity contribution >= 4 is 55.4 Å². The number of hydrazone groups is 1. The van der Waals surface area contributed by atoms with Crippen molar-refractivity contribution in [2.24, 2.45) is 5.10 Å². The Morgan fingerprint density at radius 3 is 2.17 bits per heavy atom. The topological polar surface area (TPSA) is 117 Å². The van der Waals surface area contributed by atoms with Crippen molar-refractivity contribution in [1.29, 1.82) is 0 Å². The third kappa shape index (κ3) is 8.51. The fourth-order valence-corrected chi connectivity index (χ4v) is 5.56. The van der Waals surface area contributed by atoms with Crippen LogP contribution in [0.25, 0.3) is 0 Å². The molecule has 11 heteroatoms. The summed E-state index contributed by atoms with van der Waals surface area (Å²) in [5.41, 5.74) is 6.07. The van der Waals surface area contributed by atoms with Crippen molar-refractivity contribution in [3.63, 3.8) is 0 Å². The predicted octanol–water partition coefficient (Wildman–Crippen LogP) is 5.43. The quantitative estimate of drug-likeness (QED) is 0.166. The molecule has 0 aliphatic rings. The summed E-state index contributed by atoms with van der Waals surface area (Å²) in [5.74, 6) is -0.420. The number of nitrogens with zero attached hydrogens (tertiary/aromatic N) is 2. The molecule has 9 nitrogen and oxygen atoms in total. The summed E-state index contributed by atoms with van der Waals surface area (Å²) < 4.78 is 34.2. The van der Waals surface area contributed by atoms with Gasteiger partial charge in [-0.15, -0.1) is 0 Å². The monoisotopic (exact) mass is 648 g/mol. The van der Waals surface area contributed by atoms with E-state index in [1.807, 2.05) is 38.1 Å². The van der Waals surface area contributed by atoms with E-state index in [0.29, 0.717) is 27.2 Å². The highest BCUT2D eigenvalue weighted by Crippen LogP contribution is 2.26. The maximum atomic E-state index is 13.5. The smallest absolute Gasteiger partial charge is 0.264 e. The van der Waals surface area contributed by atoms with E-state index in [4.69, 9.17) is 4.74 Å². The minimum atomic E-state index is -4.04. The van der Waals surface area contributed by atoms with Gasteiger partial charge >= 0.3 is 0 Å². The second kappa shape index (κ2) is 13.9. The van der Waals surface area contributed by atoms with Crippen LogP contribution in [0.1, 0.15) is 16.7 Å². The molecule has 216 valence electrons. The molecule has 0 aliphatic heterocycles. The van der Waals surface area contributed by atoms with Crippen LogP contribution in [-0.2, 0) is 19.6 Å². The Bertz CT molecular complexity index is 1670. The highest BCUT2D eigenvalue weighted by atomic mass is 79.9. The average molecular weight is 650 g/mol. The van der Waals surface area contributed by atoms with Crippen LogP contribution in [0, 0.1) is 13.8 Å². The third-order valence-electron chi connectivity index (χ3n) is 5.98. The molecule has 0 unspecified atom stereocenters. The number of hydrogen-bond donors (Lipinski definition) is 2. The van der Waals surface area contributed by atoms with Crippen LogP contribution in [0.5, 0.6) is 5.75 Å². The van der Waals surface area contributed by atoms with E-state index < -0.39 is 22.5 Å². The third-order valence-corrected chi connectivity index (χ3v) is 8.26. The van der Waals surface area contributed by atoms with Crippen LogP contribution in [-0.4, -0.2) is 39.6 Å². The van der Waals surface area contributed by atoms with E-state index in [9.17, 15) is 18.0 Å². The van der Waals surface area contributed by atoms with Crippen molar-refractivity contribution in [1.82, 2.24) is 5.43 Å². The van der Waals surface area contributed by atoms with Gasteiger partial charge < -0.3 is 10.1 Å². The van der Waals surface area contributed by atoms with Gasteiger partial charge in [0.2, 0.25) is 0 Å². The van der Waals surface area contributed by atoms with Crippen molar-refractivity contribution in [2.45, 2.75) is 18.7 Å². The first-order valence-corrected chi connectivity index (χ1v) is 15.1. The number of sulfonamides is 1. The second-order valence-electron chi connectivity index (χ2n) is 9.37. The molecule has 0 saturated carbocycles. The number of halogens is 1. The first kappa shape index (κ1) is 30.5. The molecular formula is C31H29BrN4O5S. The molecular weight excluding hydrogens is 620 g/mol. The van der Waals surface area contributed by atoms with Gasteiger partial charge in [-0.05, 0) is 86.1 Å². The standard InChI is InChI=1S/C31H29BrN4O5S/c1-22-6-12-26(13-7-22)34-31(38)21-41-28-14-10-24(11-15-28)19-33-35-30(37)20-36(27-5-3-4-25(32)18-27)42(39,40)29-16-8-23(2)9-17-29/h3-19H,20-21H2,1-2H3,(H,34,38)(H,35,37)/b33-19-. The molecule has 0 fully saturated rings. The summed E-state index contributed by atoms with van der Waals surface area (Å²) in [7, 11) is -4.04. The number of hydrogen-bond acceptors (Lipinski definition) is 6. The molecule has 4 aromatic rings. The molecule has 2 N–H and O–H groups in total. The summed E-state index contributed by atoms with van der Waals surface area (Å²) >= 11 is 3.36. The number of nitrogens with one attached hydrogen (secondary N) is 2.